The highest BCUT2D eigenvalue weighted by Crippen LogP contribution is 2.26. The van der Waals surface area contributed by atoms with Crippen molar-refractivity contribution < 1.29 is 13.2 Å². The zero-order valence-electron chi connectivity index (χ0n) is 11.7. The number of hydrogen-bond donors (Lipinski definition) is 2. The topological polar surface area (TPSA) is 97.3 Å². The number of amides is 1. The van der Waals surface area contributed by atoms with Crippen LogP contribution < -0.4 is 15.6 Å². The van der Waals surface area contributed by atoms with E-state index in [0.717, 1.165) is 0 Å². The standard InChI is InChI=1S/C14H13N3O4S/c1-17-8-10(2-5-14(17)19)16-22(20,21)11-3-4-12-9(6-11)7-13(18)15-12/h2-6,8,16H,7H2,1H3,(H,15,18). The normalized spacial score (nSPS) is 13.6. The third-order valence-corrected chi connectivity index (χ3v) is 4.73. The molecule has 2 aromatic rings. The summed E-state index contributed by atoms with van der Waals surface area (Å²) in [5.74, 6) is -0.157. The summed E-state index contributed by atoms with van der Waals surface area (Å²) in [6.07, 6.45) is 1.57. The maximum atomic E-state index is 12.4. The second kappa shape index (κ2) is 4.99. The van der Waals surface area contributed by atoms with Crippen LogP contribution in [-0.4, -0.2) is 18.9 Å². The lowest BCUT2D eigenvalue weighted by Crippen LogP contribution is -2.18. The van der Waals surface area contributed by atoms with Gasteiger partial charge in [0.2, 0.25) is 11.5 Å². The number of aryl methyl sites for hydroxylation is 1. The van der Waals surface area contributed by atoms with Crippen LogP contribution >= 0.6 is 0 Å². The molecule has 114 valence electrons. The molecule has 2 N–H and O–H groups in total. The minimum Gasteiger partial charge on any atom is -0.326 e. The molecule has 1 aliphatic rings. The van der Waals surface area contributed by atoms with Crippen LogP contribution in [-0.2, 0) is 28.3 Å². The molecular weight excluding hydrogens is 306 g/mol. The first-order valence-corrected chi connectivity index (χ1v) is 7.96. The first-order chi connectivity index (χ1) is 10.3. The van der Waals surface area contributed by atoms with Crippen LogP contribution in [0.5, 0.6) is 0 Å². The summed E-state index contributed by atoms with van der Waals surface area (Å²) in [6.45, 7) is 0. The number of pyridine rings is 1. The molecule has 1 aliphatic heterocycles. The molecule has 0 saturated carbocycles. The monoisotopic (exact) mass is 319 g/mol. The van der Waals surface area contributed by atoms with Crippen molar-refractivity contribution in [3.8, 4) is 0 Å². The van der Waals surface area contributed by atoms with Crippen LogP contribution in [0.1, 0.15) is 5.56 Å². The van der Waals surface area contributed by atoms with Gasteiger partial charge in [-0.3, -0.25) is 14.3 Å². The fourth-order valence-electron chi connectivity index (χ4n) is 2.24. The quantitative estimate of drug-likeness (QED) is 0.869. The summed E-state index contributed by atoms with van der Waals surface area (Å²) in [5.41, 5.74) is 1.33. The molecule has 3 rings (SSSR count). The molecule has 0 radical (unpaired) electrons. The summed E-state index contributed by atoms with van der Waals surface area (Å²) < 4.78 is 28.4. The number of benzene rings is 1. The number of anilines is 2. The van der Waals surface area contributed by atoms with Gasteiger partial charge < -0.3 is 9.88 Å². The van der Waals surface area contributed by atoms with Crippen LogP contribution in [0.25, 0.3) is 0 Å². The fraction of sp³-hybridized carbons (Fsp3) is 0.143. The van der Waals surface area contributed by atoms with E-state index in [1.54, 1.807) is 6.07 Å². The number of nitrogens with zero attached hydrogens (tertiary/aromatic N) is 1. The molecule has 0 aliphatic carbocycles. The number of hydrogen-bond acceptors (Lipinski definition) is 4. The highest BCUT2D eigenvalue weighted by Gasteiger charge is 2.22. The lowest BCUT2D eigenvalue weighted by Gasteiger charge is -2.10. The van der Waals surface area contributed by atoms with Gasteiger partial charge in [0, 0.05) is 25.0 Å². The van der Waals surface area contributed by atoms with Crippen LogP contribution in [0.2, 0.25) is 0 Å². The van der Waals surface area contributed by atoms with Gasteiger partial charge in [0.25, 0.3) is 10.0 Å². The molecule has 1 aromatic carbocycles. The van der Waals surface area contributed by atoms with E-state index in [4.69, 9.17) is 0 Å². The van der Waals surface area contributed by atoms with Crippen molar-refractivity contribution in [1.82, 2.24) is 4.57 Å². The summed E-state index contributed by atoms with van der Waals surface area (Å²) >= 11 is 0. The number of rotatable bonds is 3. The van der Waals surface area contributed by atoms with Crippen molar-refractivity contribution in [2.45, 2.75) is 11.3 Å². The van der Waals surface area contributed by atoms with Crippen molar-refractivity contribution in [3.05, 3.63) is 52.4 Å². The van der Waals surface area contributed by atoms with Gasteiger partial charge in [0.05, 0.1) is 17.0 Å². The molecule has 0 spiro atoms. The molecule has 7 nitrogen and oxygen atoms in total. The molecule has 0 unspecified atom stereocenters. The minimum absolute atomic E-state index is 0.0663. The van der Waals surface area contributed by atoms with E-state index in [-0.39, 0.29) is 28.5 Å². The number of carbonyl (C=O) groups excluding carboxylic acids is 1. The number of sulfonamides is 1. The highest BCUT2D eigenvalue weighted by molar-refractivity contribution is 7.92. The van der Waals surface area contributed by atoms with Crippen molar-refractivity contribution in [3.63, 3.8) is 0 Å². The van der Waals surface area contributed by atoms with E-state index in [1.165, 1.54) is 42.1 Å². The third kappa shape index (κ3) is 2.60. The largest absolute Gasteiger partial charge is 0.326 e. The van der Waals surface area contributed by atoms with Crippen molar-refractivity contribution in [2.24, 2.45) is 7.05 Å². The lowest BCUT2D eigenvalue weighted by atomic mass is 10.2. The maximum Gasteiger partial charge on any atom is 0.261 e. The number of aromatic nitrogens is 1. The summed E-state index contributed by atoms with van der Waals surface area (Å²) in [6, 6.07) is 7.14. The summed E-state index contributed by atoms with van der Waals surface area (Å²) in [5, 5.41) is 2.65. The van der Waals surface area contributed by atoms with Crippen molar-refractivity contribution in [2.75, 3.05) is 10.0 Å². The highest BCUT2D eigenvalue weighted by atomic mass is 32.2. The average molecular weight is 319 g/mol. The second-order valence-electron chi connectivity index (χ2n) is 5.02. The van der Waals surface area contributed by atoms with Gasteiger partial charge in [-0.05, 0) is 29.8 Å². The molecule has 1 amide bonds. The molecule has 22 heavy (non-hydrogen) atoms. The molecule has 2 heterocycles. The van der Waals surface area contributed by atoms with Gasteiger partial charge in [-0.15, -0.1) is 0 Å². The van der Waals surface area contributed by atoms with Crippen molar-refractivity contribution >= 4 is 27.3 Å². The molecule has 0 bridgehead atoms. The lowest BCUT2D eigenvalue weighted by molar-refractivity contribution is -0.115. The SMILES string of the molecule is Cn1cc(NS(=O)(=O)c2ccc3c(c2)CC(=O)N3)ccc1=O. The van der Waals surface area contributed by atoms with E-state index in [2.05, 4.69) is 10.0 Å². The van der Waals surface area contributed by atoms with Crippen LogP contribution in [0.15, 0.2) is 46.2 Å². The molecule has 8 heteroatoms. The summed E-state index contributed by atoms with van der Waals surface area (Å²) in [7, 11) is -2.25. The molecule has 0 atom stereocenters. The Morgan fingerprint density at radius 3 is 2.68 bits per heavy atom. The predicted octanol–water partition coefficient (Wildman–Crippen LogP) is 0.681. The van der Waals surface area contributed by atoms with Gasteiger partial charge in [0.1, 0.15) is 0 Å². The molecular formula is C14H13N3O4S. The zero-order chi connectivity index (χ0) is 15.9. The Hall–Kier alpha value is -2.61. The maximum absolute atomic E-state index is 12.4. The van der Waals surface area contributed by atoms with E-state index in [1.807, 2.05) is 0 Å². The van der Waals surface area contributed by atoms with Crippen molar-refractivity contribution in [1.29, 1.82) is 0 Å². The molecule has 0 saturated heterocycles. The Balaban J connectivity index is 1.93. The second-order valence-corrected chi connectivity index (χ2v) is 6.70. The Kier molecular flexibility index (Phi) is 3.25. The Bertz CT molecular complexity index is 931. The predicted molar refractivity (Wildman–Crippen MR) is 81.3 cm³/mol. The van der Waals surface area contributed by atoms with E-state index < -0.39 is 10.0 Å². The third-order valence-electron chi connectivity index (χ3n) is 3.35. The first kappa shape index (κ1) is 14.3. The molecule has 0 fully saturated rings. The Morgan fingerprint density at radius 2 is 1.95 bits per heavy atom. The molecule has 1 aromatic heterocycles. The van der Waals surface area contributed by atoms with Gasteiger partial charge in [0.15, 0.2) is 0 Å². The Morgan fingerprint density at radius 1 is 1.18 bits per heavy atom. The average Bonchev–Trinajstić information content (AvgIpc) is 2.81. The van der Waals surface area contributed by atoms with Gasteiger partial charge in [-0.25, -0.2) is 8.42 Å². The minimum atomic E-state index is -3.79. The first-order valence-electron chi connectivity index (χ1n) is 6.47. The number of carbonyl (C=O) groups is 1. The van der Waals surface area contributed by atoms with Gasteiger partial charge in [-0.1, -0.05) is 0 Å². The smallest absolute Gasteiger partial charge is 0.261 e. The van der Waals surface area contributed by atoms with E-state index in [0.29, 0.717) is 11.3 Å². The van der Waals surface area contributed by atoms with Gasteiger partial charge in [-0.2, -0.15) is 0 Å². The number of fused-ring (bicyclic) bond motifs is 1. The number of nitrogens with one attached hydrogen (secondary N) is 2. The van der Waals surface area contributed by atoms with Crippen LogP contribution in [0.3, 0.4) is 0 Å². The summed E-state index contributed by atoms with van der Waals surface area (Å²) in [4.78, 5) is 22.7. The van der Waals surface area contributed by atoms with E-state index in [9.17, 15) is 18.0 Å². The zero-order valence-corrected chi connectivity index (χ0v) is 12.5. The van der Waals surface area contributed by atoms with Crippen LogP contribution in [0, 0.1) is 0 Å². The van der Waals surface area contributed by atoms with Gasteiger partial charge >= 0.3 is 0 Å². The fourth-order valence-corrected chi connectivity index (χ4v) is 3.33. The van der Waals surface area contributed by atoms with Crippen LogP contribution in [0.4, 0.5) is 11.4 Å². The van der Waals surface area contributed by atoms with E-state index >= 15 is 0 Å². The Labute approximate surface area is 126 Å².